The lowest BCUT2D eigenvalue weighted by atomic mass is 10.2. The number of quaternary nitrogens is 1. The third-order valence-electron chi connectivity index (χ3n) is 1.92. The average molecular weight is 236 g/mol. The number of rotatable bonds is 3. The van der Waals surface area contributed by atoms with Crippen molar-refractivity contribution in [1.82, 2.24) is 0 Å². The molecule has 1 atom stereocenters. The van der Waals surface area contributed by atoms with E-state index >= 15 is 0 Å². The minimum Gasteiger partial charge on any atom is -0.547 e. The number of hydrogen-bond acceptors (Lipinski definition) is 6. The maximum atomic E-state index is 9.77. The number of carbonyl (C=O) groups excluding carboxylic acids is 1. The van der Waals surface area contributed by atoms with Gasteiger partial charge in [-0.25, -0.2) is 4.31 Å². The number of aliphatic carboxylic acids is 1. The van der Waals surface area contributed by atoms with E-state index < -0.39 is 12.1 Å². The molecular formula is C8H16N2O4S. The molecule has 6 nitrogen and oxygen atoms in total. The Balaban J connectivity index is 0.000000288. The van der Waals surface area contributed by atoms with Crippen molar-refractivity contribution in [3.05, 3.63) is 4.91 Å². The van der Waals surface area contributed by atoms with Gasteiger partial charge in [-0.1, -0.05) is 0 Å². The smallest absolute Gasteiger partial charge is 0.262 e. The number of aliphatic hydroxyl groups excluding tert-OH is 1. The Morgan fingerprint density at radius 3 is 2.27 bits per heavy atom. The van der Waals surface area contributed by atoms with Crippen molar-refractivity contribution >= 4 is 18.1 Å². The van der Waals surface area contributed by atoms with Crippen LogP contribution in [0.2, 0.25) is 0 Å². The zero-order chi connectivity index (χ0) is 11.7. The summed E-state index contributed by atoms with van der Waals surface area (Å²) in [7, 11) is 0. The minimum absolute atomic E-state index is 1.11. The largest absolute Gasteiger partial charge is 0.547 e. The molecule has 0 aromatic carbocycles. The first-order chi connectivity index (χ1) is 7.07. The van der Waals surface area contributed by atoms with E-state index in [1.807, 2.05) is 0 Å². The van der Waals surface area contributed by atoms with Crippen LogP contribution in [0.5, 0.6) is 0 Å². The summed E-state index contributed by atoms with van der Waals surface area (Å²) >= 11 is 1.14. The molecule has 15 heavy (non-hydrogen) atoms. The summed E-state index contributed by atoms with van der Waals surface area (Å²) in [5, 5.41) is 17.3. The van der Waals surface area contributed by atoms with Gasteiger partial charge in [-0.15, -0.1) is 4.91 Å². The lowest BCUT2D eigenvalue weighted by Gasteiger charge is -2.16. The van der Waals surface area contributed by atoms with E-state index in [1.165, 1.54) is 23.6 Å². The average Bonchev–Trinajstić information content (AvgIpc) is 2.20. The zero-order valence-corrected chi connectivity index (χ0v) is 9.46. The Morgan fingerprint density at radius 2 is 1.93 bits per heavy atom. The zero-order valence-electron chi connectivity index (χ0n) is 8.64. The second kappa shape index (κ2) is 8.63. The molecule has 0 aliphatic carbocycles. The van der Waals surface area contributed by atoms with Crippen LogP contribution in [0.25, 0.3) is 0 Å². The van der Waals surface area contributed by atoms with Crippen LogP contribution in [0, 0.1) is 4.91 Å². The molecule has 1 saturated heterocycles. The highest BCUT2D eigenvalue weighted by Crippen LogP contribution is 1.98. The Morgan fingerprint density at radius 1 is 1.47 bits per heavy atom. The Kier molecular flexibility index (Phi) is 8.25. The van der Waals surface area contributed by atoms with E-state index in [4.69, 9.17) is 5.11 Å². The van der Waals surface area contributed by atoms with Crippen LogP contribution >= 0.6 is 12.1 Å². The highest BCUT2D eigenvalue weighted by atomic mass is 32.2. The van der Waals surface area contributed by atoms with Gasteiger partial charge in [-0.3, -0.25) is 0 Å². The van der Waals surface area contributed by atoms with Crippen molar-refractivity contribution in [1.29, 1.82) is 0 Å². The van der Waals surface area contributed by atoms with Crippen molar-refractivity contribution in [2.45, 2.75) is 32.3 Å². The SMILES string of the molecule is CC(O)C(=O)[O-].O=NS[NH+]1CCCCC1. The second-order valence-electron chi connectivity index (χ2n) is 3.26. The van der Waals surface area contributed by atoms with Gasteiger partial charge < -0.3 is 15.0 Å². The minimum atomic E-state index is -1.44. The van der Waals surface area contributed by atoms with Crippen LogP contribution in [-0.2, 0) is 4.79 Å². The highest BCUT2D eigenvalue weighted by Gasteiger charge is 2.14. The quantitative estimate of drug-likeness (QED) is 0.459. The van der Waals surface area contributed by atoms with E-state index in [0.717, 1.165) is 32.1 Å². The van der Waals surface area contributed by atoms with Gasteiger partial charge in [0.15, 0.2) is 0 Å². The van der Waals surface area contributed by atoms with Crippen molar-refractivity contribution in [3.63, 3.8) is 0 Å². The fraction of sp³-hybridized carbons (Fsp3) is 0.875. The number of aliphatic hydroxyl groups is 1. The molecule has 0 radical (unpaired) electrons. The van der Waals surface area contributed by atoms with Gasteiger partial charge in [0.1, 0.15) is 0 Å². The lowest BCUT2D eigenvalue weighted by molar-refractivity contribution is -0.761. The number of carboxylic acid groups (broad SMARTS) is 1. The van der Waals surface area contributed by atoms with Gasteiger partial charge in [0, 0.05) is 0 Å². The topological polar surface area (TPSA) is 94.2 Å². The van der Waals surface area contributed by atoms with Crippen LogP contribution < -0.4 is 9.41 Å². The van der Waals surface area contributed by atoms with Gasteiger partial charge >= 0.3 is 0 Å². The Hall–Kier alpha value is -0.660. The number of nitrogens with one attached hydrogen (secondary N) is 1. The van der Waals surface area contributed by atoms with Crippen molar-refractivity contribution < 1.29 is 19.3 Å². The molecule has 1 heterocycles. The van der Waals surface area contributed by atoms with Crippen LogP contribution in [0.1, 0.15) is 26.2 Å². The molecule has 1 unspecified atom stereocenters. The third-order valence-corrected chi connectivity index (χ3v) is 2.66. The number of nitroso groups, excluding NO2 is 1. The summed E-state index contributed by atoms with van der Waals surface area (Å²) < 4.78 is 4.06. The maximum absolute atomic E-state index is 9.77. The van der Waals surface area contributed by atoms with Crippen LogP contribution in [0.15, 0.2) is 4.58 Å². The second-order valence-corrected chi connectivity index (χ2v) is 4.17. The summed E-state index contributed by atoms with van der Waals surface area (Å²) in [6, 6.07) is 0. The van der Waals surface area contributed by atoms with Gasteiger partial charge in [-0.2, -0.15) is 0 Å². The number of hydrogen-bond donors (Lipinski definition) is 2. The lowest BCUT2D eigenvalue weighted by Crippen LogP contribution is -3.06. The summed E-state index contributed by atoms with van der Waals surface area (Å²) in [4.78, 5) is 19.1. The molecule has 1 fully saturated rings. The van der Waals surface area contributed by atoms with Crippen molar-refractivity contribution in [2.24, 2.45) is 4.58 Å². The molecule has 0 spiro atoms. The first-order valence-corrected chi connectivity index (χ1v) is 5.58. The van der Waals surface area contributed by atoms with E-state index in [1.54, 1.807) is 0 Å². The fourth-order valence-electron chi connectivity index (χ4n) is 1.09. The van der Waals surface area contributed by atoms with Gasteiger partial charge in [0.25, 0.3) is 12.1 Å². The van der Waals surface area contributed by atoms with E-state index in [9.17, 15) is 14.8 Å². The molecule has 1 aliphatic rings. The van der Waals surface area contributed by atoms with Crippen molar-refractivity contribution in [3.8, 4) is 0 Å². The first kappa shape index (κ1) is 14.3. The fourth-order valence-corrected chi connectivity index (χ4v) is 1.67. The maximum Gasteiger partial charge on any atom is 0.262 e. The summed E-state index contributed by atoms with van der Waals surface area (Å²) in [5.41, 5.74) is 0. The molecule has 2 N–H and O–H groups in total. The van der Waals surface area contributed by atoms with E-state index in [0.29, 0.717) is 0 Å². The standard InChI is InChI=1S/C5H10N2OS.C3H6O3/c8-6-9-7-4-2-1-3-5-7;1-2(4)3(5)6/h1-5H2;2,4H,1H3,(H,5,6). The molecule has 1 rings (SSSR count). The Bertz CT molecular complexity index is 195. The normalized spacial score (nSPS) is 18.5. The molecule has 0 amide bonds. The predicted molar refractivity (Wildman–Crippen MR) is 54.6 cm³/mol. The molecule has 88 valence electrons. The molecule has 0 aromatic rings. The number of piperidine rings is 1. The monoisotopic (exact) mass is 236 g/mol. The Labute approximate surface area is 92.9 Å². The molecule has 1 aliphatic heterocycles. The van der Waals surface area contributed by atoms with Gasteiger partial charge in [-0.05, 0) is 26.2 Å². The summed E-state index contributed by atoms with van der Waals surface area (Å²) in [6.07, 6.45) is 2.48. The summed E-state index contributed by atoms with van der Waals surface area (Å²) in [5.74, 6) is -1.44. The third kappa shape index (κ3) is 8.34. The van der Waals surface area contributed by atoms with Crippen LogP contribution in [0.3, 0.4) is 0 Å². The van der Waals surface area contributed by atoms with Gasteiger partial charge in [0.2, 0.25) is 0 Å². The molecule has 0 aromatic heterocycles. The van der Waals surface area contributed by atoms with Crippen molar-refractivity contribution in [2.75, 3.05) is 13.1 Å². The highest BCUT2D eigenvalue weighted by molar-refractivity contribution is 7.91. The van der Waals surface area contributed by atoms with Crippen LogP contribution in [0.4, 0.5) is 0 Å². The van der Waals surface area contributed by atoms with E-state index in [2.05, 4.69) is 4.58 Å². The number of nitrogens with zero attached hydrogens (tertiary/aromatic N) is 1. The molecule has 0 bridgehead atoms. The summed E-state index contributed by atoms with van der Waals surface area (Å²) in [6.45, 7) is 3.35. The van der Waals surface area contributed by atoms with Gasteiger partial charge in [0.05, 0.1) is 29.7 Å². The molecule has 7 heteroatoms. The first-order valence-electron chi connectivity index (χ1n) is 4.81. The van der Waals surface area contributed by atoms with Crippen LogP contribution in [-0.4, -0.2) is 30.3 Å². The molecule has 0 saturated carbocycles. The molecular weight excluding hydrogens is 220 g/mol. The van der Waals surface area contributed by atoms with E-state index in [-0.39, 0.29) is 0 Å². The number of carbonyl (C=O) groups is 1. The number of carboxylic acids is 1. The predicted octanol–water partition coefficient (Wildman–Crippen LogP) is -1.50.